The molecule has 1 aliphatic heterocycles. The summed E-state index contributed by atoms with van der Waals surface area (Å²) in [5, 5.41) is 3.88. The number of benzene rings is 1. The minimum atomic E-state index is -4.88. The van der Waals surface area contributed by atoms with Gasteiger partial charge in [0.25, 0.3) is 5.56 Å². The van der Waals surface area contributed by atoms with Gasteiger partial charge in [-0.15, -0.1) is 11.3 Å². The number of nitrogens with zero attached hydrogens (tertiary/aromatic N) is 3. The quantitative estimate of drug-likeness (QED) is 0.370. The molecule has 1 aromatic carbocycles. The lowest BCUT2D eigenvalue weighted by Gasteiger charge is -2.26. The number of halogens is 4. The first-order valence-corrected chi connectivity index (χ1v) is 13.2. The standard InChI is InChI=1S/C26H24ClF3N4O3S/c1-14-8-15(27)9-19(22(14)37-16-4-3-6-31-11-16)18-5-7-32-21-10-17(38-23(18)21)12-34-24(35)20(26(28,29)30)13-33(2)25(34)36/h5,7-10,13,16,31H,3-4,6,11-12H2,1-2H3/t16-/m0/s1. The number of ether oxygens (including phenoxy) is 1. The van der Waals surface area contributed by atoms with Gasteiger partial charge in [-0.25, -0.2) is 4.79 Å². The van der Waals surface area contributed by atoms with Gasteiger partial charge >= 0.3 is 11.9 Å². The second-order valence-electron chi connectivity index (χ2n) is 9.30. The van der Waals surface area contributed by atoms with E-state index in [0.717, 1.165) is 51.9 Å². The van der Waals surface area contributed by atoms with Crippen molar-refractivity contribution >= 4 is 33.2 Å². The molecule has 1 atom stereocenters. The molecule has 1 saturated heterocycles. The second-order valence-corrected chi connectivity index (χ2v) is 10.9. The van der Waals surface area contributed by atoms with Crippen molar-refractivity contribution in [3.63, 3.8) is 0 Å². The van der Waals surface area contributed by atoms with Crippen LogP contribution in [0.3, 0.4) is 0 Å². The van der Waals surface area contributed by atoms with Crippen LogP contribution in [-0.4, -0.2) is 33.3 Å². The maximum atomic E-state index is 13.4. The monoisotopic (exact) mass is 564 g/mol. The molecule has 1 fully saturated rings. The zero-order valence-corrected chi connectivity index (χ0v) is 22.1. The second kappa shape index (κ2) is 10.2. The SMILES string of the molecule is Cc1cc(Cl)cc(-c2ccnc3cc(Cn4c(=O)c(C(F)(F)F)cn(C)c4=O)sc23)c1O[C@H]1CCCNC1. The van der Waals surface area contributed by atoms with Crippen LogP contribution in [0.4, 0.5) is 13.2 Å². The van der Waals surface area contributed by atoms with E-state index in [9.17, 15) is 22.8 Å². The Bertz CT molecular complexity index is 1640. The molecular weight excluding hydrogens is 541 g/mol. The highest BCUT2D eigenvalue weighted by Crippen LogP contribution is 2.42. The smallest absolute Gasteiger partial charge is 0.423 e. The van der Waals surface area contributed by atoms with Gasteiger partial charge in [-0.3, -0.25) is 14.3 Å². The molecule has 0 unspecified atom stereocenters. The molecule has 0 aliphatic carbocycles. The Labute approximate surface area is 224 Å². The van der Waals surface area contributed by atoms with E-state index in [0.29, 0.717) is 31.9 Å². The highest BCUT2D eigenvalue weighted by molar-refractivity contribution is 7.19. The molecule has 7 nitrogen and oxygen atoms in total. The predicted octanol–water partition coefficient (Wildman–Crippen LogP) is 4.98. The molecular formula is C26H24ClF3N4O3S. The van der Waals surface area contributed by atoms with Crippen LogP contribution in [0.1, 0.15) is 28.8 Å². The molecule has 3 aromatic heterocycles. The Morgan fingerprint density at radius 1 is 1.24 bits per heavy atom. The maximum absolute atomic E-state index is 13.4. The number of thiophene rings is 1. The van der Waals surface area contributed by atoms with Crippen molar-refractivity contribution in [3.05, 3.63) is 78.5 Å². The third kappa shape index (κ3) is 5.10. The Morgan fingerprint density at radius 2 is 2.03 bits per heavy atom. The molecule has 5 rings (SSSR count). The summed E-state index contributed by atoms with van der Waals surface area (Å²) in [6.45, 7) is 3.29. The fraction of sp³-hybridized carbons (Fsp3) is 0.346. The van der Waals surface area contributed by atoms with Gasteiger partial charge in [-0.05, 0) is 56.1 Å². The number of hydrogen-bond donors (Lipinski definition) is 1. The van der Waals surface area contributed by atoms with E-state index in [1.54, 1.807) is 12.3 Å². The molecule has 200 valence electrons. The number of aryl methyl sites for hydroxylation is 2. The summed E-state index contributed by atoms with van der Waals surface area (Å²) in [4.78, 5) is 30.1. The van der Waals surface area contributed by atoms with Crippen molar-refractivity contribution in [2.45, 2.75) is 38.6 Å². The molecule has 0 bridgehead atoms. The van der Waals surface area contributed by atoms with Crippen molar-refractivity contribution in [3.8, 4) is 16.9 Å². The van der Waals surface area contributed by atoms with Crippen LogP contribution in [0.2, 0.25) is 5.02 Å². The molecule has 4 heterocycles. The van der Waals surface area contributed by atoms with E-state index in [2.05, 4.69) is 10.3 Å². The van der Waals surface area contributed by atoms with E-state index in [1.807, 2.05) is 25.1 Å². The lowest BCUT2D eigenvalue weighted by Crippen LogP contribution is -2.42. The molecule has 12 heteroatoms. The topological polar surface area (TPSA) is 78.2 Å². The molecule has 0 saturated carbocycles. The van der Waals surface area contributed by atoms with Crippen molar-refractivity contribution in [2.24, 2.45) is 7.05 Å². The Hall–Kier alpha value is -3.15. The number of aromatic nitrogens is 3. The molecule has 0 amide bonds. The highest BCUT2D eigenvalue weighted by atomic mass is 35.5. The van der Waals surface area contributed by atoms with Crippen LogP contribution in [0.15, 0.2) is 46.2 Å². The number of piperidine rings is 1. The van der Waals surface area contributed by atoms with Gasteiger partial charge in [0, 0.05) is 47.0 Å². The molecule has 38 heavy (non-hydrogen) atoms. The summed E-state index contributed by atoms with van der Waals surface area (Å²) in [5.74, 6) is 0.702. The van der Waals surface area contributed by atoms with Gasteiger partial charge in [0.05, 0.1) is 16.8 Å². The van der Waals surface area contributed by atoms with E-state index in [1.165, 1.54) is 18.4 Å². The van der Waals surface area contributed by atoms with Gasteiger partial charge in [-0.2, -0.15) is 13.2 Å². The van der Waals surface area contributed by atoms with Crippen molar-refractivity contribution in [2.75, 3.05) is 13.1 Å². The van der Waals surface area contributed by atoms with Crippen molar-refractivity contribution in [1.29, 1.82) is 0 Å². The minimum absolute atomic E-state index is 0.00241. The van der Waals surface area contributed by atoms with Crippen LogP contribution >= 0.6 is 22.9 Å². The number of rotatable bonds is 5. The average molecular weight is 565 g/mol. The fourth-order valence-corrected chi connectivity index (χ4v) is 6.07. The largest absolute Gasteiger partial charge is 0.488 e. The highest BCUT2D eigenvalue weighted by Gasteiger charge is 2.36. The van der Waals surface area contributed by atoms with Crippen LogP contribution in [0, 0.1) is 6.92 Å². The number of nitrogens with one attached hydrogen (secondary N) is 1. The molecule has 4 aromatic rings. The van der Waals surface area contributed by atoms with Crippen molar-refractivity contribution < 1.29 is 17.9 Å². The third-order valence-electron chi connectivity index (χ3n) is 6.48. The zero-order chi connectivity index (χ0) is 27.2. The molecule has 1 N–H and O–H groups in total. The summed E-state index contributed by atoms with van der Waals surface area (Å²) in [5.41, 5.74) is -0.591. The van der Waals surface area contributed by atoms with E-state index in [-0.39, 0.29) is 12.6 Å². The lowest BCUT2D eigenvalue weighted by atomic mass is 10.0. The van der Waals surface area contributed by atoms with Gasteiger partial charge in [0.1, 0.15) is 17.4 Å². The molecule has 1 aliphatic rings. The Balaban J connectivity index is 1.60. The van der Waals surface area contributed by atoms with Crippen LogP contribution in [0.5, 0.6) is 5.75 Å². The summed E-state index contributed by atoms with van der Waals surface area (Å²) >= 11 is 7.69. The minimum Gasteiger partial charge on any atom is -0.488 e. The normalized spacial score (nSPS) is 16.2. The molecule has 0 radical (unpaired) electrons. The van der Waals surface area contributed by atoms with E-state index >= 15 is 0 Å². The summed E-state index contributed by atoms with van der Waals surface area (Å²) in [7, 11) is 1.18. The summed E-state index contributed by atoms with van der Waals surface area (Å²) in [6.07, 6.45) is -0.794. The summed E-state index contributed by atoms with van der Waals surface area (Å²) < 4.78 is 48.7. The first-order valence-electron chi connectivity index (χ1n) is 12.0. The van der Waals surface area contributed by atoms with Gasteiger partial charge in [0.2, 0.25) is 0 Å². The number of hydrogen-bond acceptors (Lipinski definition) is 6. The lowest BCUT2D eigenvalue weighted by molar-refractivity contribution is -0.139. The number of fused-ring (bicyclic) bond motifs is 1. The Kier molecular flexibility index (Phi) is 7.10. The van der Waals surface area contributed by atoms with Crippen LogP contribution in [0.25, 0.3) is 21.3 Å². The van der Waals surface area contributed by atoms with E-state index < -0.39 is 23.0 Å². The van der Waals surface area contributed by atoms with Gasteiger partial charge in [0.15, 0.2) is 0 Å². The maximum Gasteiger partial charge on any atom is 0.423 e. The van der Waals surface area contributed by atoms with Crippen molar-refractivity contribution in [1.82, 2.24) is 19.4 Å². The number of alkyl halides is 3. The fourth-order valence-electron chi connectivity index (χ4n) is 4.67. The van der Waals surface area contributed by atoms with Crippen LogP contribution in [-0.2, 0) is 19.8 Å². The van der Waals surface area contributed by atoms with E-state index in [4.69, 9.17) is 16.3 Å². The van der Waals surface area contributed by atoms with Gasteiger partial charge in [-0.1, -0.05) is 11.6 Å². The number of pyridine rings is 1. The third-order valence-corrected chi connectivity index (χ3v) is 7.84. The van der Waals surface area contributed by atoms with Crippen LogP contribution < -0.4 is 21.3 Å². The molecule has 0 spiro atoms. The first-order chi connectivity index (χ1) is 18.0. The summed E-state index contributed by atoms with van der Waals surface area (Å²) in [6, 6.07) is 7.17. The zero-order valence-electron chi connectivity index (χ0n) is 20.6. The predicted molar refractivity (Wildman–Crippen MR) is 141 cm³/mol. The average Bonchev–Trinajstić information content (AvgIpc) is 3.28. The Morgan fingerprint density at radius 3 is 2.74 bits per heavy atom. The first kappa shape index (κ1) is 26.5. The van der Waals surface area contributed by atoms with Gasteiger partial charge < -0.3 is 14.6 Å².